The van der Waals surface area contributed by atoms with Crippen molar-refractivity contribution in [3.8, 4) is 5.75 Å². The Hall–Kier alpha value is -2.76. The zero-order chi connectivity index (χ0) is 19.6. The smallest absolute Gasteiger partial charge is 0.257 e. The first-order valence-corrected chi connectivity index (χ1v) is 9.36. The fraction of sp³-hybridized carbons (Fsp3) is 0.429. The van der Waals surface area contributed by atoms with Gasteiger partial charge in [0.1, 0.15) is 5.75 Å². The number of amides is 2. The number of benzene rings is 1. The summed E-state index contributed by atoms with van der Waals surface area (Å²) >= 11 is 0. The molecule has 0 bridgehead atoms. The molecule has 1 aromatic carbocycles. The van der Waals surface area contributed by atoms with E-state index in [9.17, 15) is 9.59 Å². The molecule has 1 aliphatic heterocycles. The van der Waals surface area contributed by atoms with Gasteiger partial charge < -0.3 is 19.5 Å². The number of piperazine rings is 1. The first-order valence-electron chi connectivity index (χ1n) is 9.36. The highest BCUT2D eigenvalue weighted by atomic mass is 16.5. The van der Waals surface area contributed by atoms with Crippen LogP contribution in [0.3, 0.4) is 0 Å². The second kappa shape index (κ2) is 7.86. The summed E-state index contributed by atoms with van der Waals surface area (Å²) in [5.74, 6) is 0.576. The van der Waals surface area contributed by atoms with E-state index in [4.69, 9.17) is 4.74 Å². The summed E-state index contributed by atoms with van der Waals surface area (Å²) in [7, 11) is 1.58. The number of ether oxygens (including phenoxy) is 1. The third-order valence-electron chi connectivity index (χ3n) is 5.14. The number of nitrogens with one attached hydrogen (secondary N) is 1. The highest BCUT2D eigenvalue weighted by Crippen LogP contribution is 2.23. The van der Waals surface area contributed by atoms with Crippen LogP contribution in [0.1, 0.15) is 44.6 Å². The molecule has 27 heavy (non-hydrogen) atoms. The van der Waals surface area contributed by atoms with Gasteiger partial charge in [-0.15, -0.1) is 0 Å². The predicted octanol–water partition coefficient (Wildman–Crippen LogP) is 2.80. The minimum absolute atomic E-state index is 0.0227. The van der Waals surface area contributed by atoms with Crippen LogP contribution >= 0.6 is 0 Å². The van der Waals surface area contributed by atoms with E-state index in [1.807, 2.05) is 43.0 Å². The van der Waals surface area contributed by atoms with E-state index in [1.54, 1.807) is 12.0 Å². The third-order valence-corrected chi connectivity index (χ3v) is 5.14. The van der Waals surface area contributed by atoms with Crippen LogP contribution in [0.15, 0.2) is 24.3 Å². The number of H-pyrrole nitrogens is 1. The van der Waals surface area contributed by atoms with Gasteiger partial charge in [-0.05, 0) is 44.0 Å². The topological polar surface area (TPSA) is 65.6 Å². The van der Waals surface area contributed by atoms with Crippen molar-refractivity contribution < 1.29 is 14.3 Å². The average Bonchev–Trinajstić information content (AvgIpc) is 3.04. The molecule has 1 N–H and O–H groups in total. The van der Waals surface area contributed by atoms with Crippen molar-refractivity contribution in [1.82, 2.24) is 14.8 Å². The maximum atomic E-state index is 13.0. The fourth-order valence-corrected chi connectivity index (χ4v) is 3.54. The lowest BCUT2D eigenvalue weighted by Crippen LogP contribution is -2.50. The Morgan fingerprint density at radius 3 is 2.07 bits per heavy atom. The van der Waals surface area contributed by atoms with Crippen molar-refractivity contribution >= 4 is 11.8 Å². The minimum atomic E-state index is -0.0390. The Morgan fingerprint density at radius 2 is 1.59 bits per heavy atom. The number of hydrogen-bond acceptors (Lipinski definition) is 3. The van der Waals surface area contributed by atoms with E-state index < -0.39 is 0 Å². The van der Waals surface area contributed by atoms with Crippen LogP contribution in [0, 0.1) is 13.8 Å². The second-order valence-electron chi connectivity index (χ2n) is 6.96. The van der Waals surface area contributed by atoms with Crippen molar-refractivity contribution in [2.24, 2.45) is 0 Å². The quantitative estimate of drug-likeness (QED) is 0.901. The normalized spacial score (nSPS) is 14.4. The van der Waals surface area contributed by atoms with Gasteiger partial charge in [0.15, 0.2) is 0 Å². The largest absolute Gasteiger partial charge is 0.496 e. The number of methoxy groups -OCH3 is 1. The molecule has 2 heterocycles. The predicted molar refractivity (Wildman–Crippen MR) is 104 cm³/mol. The number of nitrogens with zero attached hydrogens (tertiary/aromatic N) is 2. The van der Waals surface area contributed by atoms with Crippen LogP contribution in [-0.4, -0.2) is 59.9 Å². The number of aromatic nitrogens is 1. The van der Waals surface area contributed by atoms with Crippen LogP contribution in [0.5, 0.6) is 5.75 Å². The number of carbonyl (C=O) groups is 2. The number of hydrogen-bond donors (Lipinski definition) is 1. The molecule has 1 saturated heterocycles. The summed E-state index contributed by atoms with van der Waals surface area (Å²) in [6, 6.07) is 7.62. The molecule has 3 rings (SSSR count). The second-order valence-corrected chi connectivity index (χ2v) is 6.96. The maximum Gasteiger partial charge on any atom is 0.257 e. The van der Waals surface area contributed by atoms with Crippen molar-refractivity contribution in [3.63, 3.8) is 0 Å². The molecule has 6 heteroatoms. The van der Waals surface area contributed by atoms with Crippen LogP contribution in [-0.2, 0) is 6.42 Å². The molecular formula is C21H27N3O3. The van der Waals surface area contributed by atoms with Crippen molar-refractivity contribution in [3.05, 3.63) is 52.3 Å². The molecule has 0 saturated carbocycles. The van der Waals surface area contributed by atoms with Crippen molar-refractivity contribution in [2.45, 2.75) is 27.2 Å². The van der Waals surface area contributed by atoms with Gasteiger partial charge in [0.2, 0.25) is 0 Å². The van der Waals surface area contributed by atoms with Gasteiger partial charge in [0.25, 0.3) is 11.8 Å². The van der Waals surface area contributed by atoms with E-state index >= 15 is 0 Å². The standard InChI is InChI=1S/C21H27N3O3/c1-5-16-6-7-19(27-4)18(13-16)21(26)24-10-8-23(9-11-24)20(25)17-12-14(2)22-15(17)3/h6-7,12-13,22H,5,8-11H2,1-4H3. The summed E-state index contributed by atoms with van der Waals surface area (Å²) in [4.78, 5) is 32.5. The first kappa shape index (κ1) is 19.0. The first-order chi connectivity index (χ1) is 12.9. The molecule has 144 valence electrons. The lowest BCUT2D eigenvalue weighted by Gasteiger charge is -2.35. The van der Waals surface area contributed by atoms with Gasteiger partial charge in [0, 0.05) is 37.6 Å². The van der Waals surface area contributed by atoms with Gasteiger partial charge in [0.05, 0.1) is 18.2 Å². The average molecular weight is 369 g/mol. The molecule has 2 aromatic rings. The lowest BCUT2D eigenvalue weighted by atomic mass is 10.1. The van der Waals surface area contributed by atoms with E-state index in [-0.39, 0.29) is 11.8 Å². The third kappa shape index (κ3) is 3.84. The number of rotatable bonds is 4. The van der Waals surface area contributed by atoms with Gasteiger partial charge in [-0.1, -0.05) is 13.0 Å². The maximum absolute atomic E-state index is 13.0. The van der Waals surface area contributed by atoms with Gasteiger partial charge in [-0.25, -0.2) is 0 Å². The van der Waals surface area contributed by atoms with E-state index in [0.29, 0.717) is 43.1 Å². The summed E-state index contributed by atoms with van der Waals surface area (Å²) in [5.41, 5.74) is 4.27. The molecule has 0 spiro atoms. The zero-order valence-electron chi connectivity index (χ0n) is 16.5. The zero-order valence-corrected chi connectivity index (χ0v) is 16.5. The molecule has 0 unspecified atom stereocenters. The van der Waals surface area contributed by atoms with Gasteiger partial charge in [-0.3, -0.25) is 9.59 Å². The van der Waals surface area contributed by atoms with Crippen molar-refractivity contribution in [1.29, 1.82) is 0 Å². The Kier molecular flexibility index (Phi) is 5.54. The summed E-state index contributed by atoms with van der Waals surface area (Å²) < 4.78 is 5.37. The molecule has 0 aliphatic carbocycles. The van der Waals surface area contributed by atoms with E-state index in [2.05, 4.69) is 11.9 Å². The van der Waals surface area contributed by atoms with Crippen LogP contribution < -0.4 is 4.74 Å². The monoisotopic (exact) mass is 369 g/mol. The highest BCUT2D eigenvalue weighted by molar-refractivity contribution is 5.98. The Balaban J connectivity index is 1.69. The van der Waals surface area contributed by atoms with Gasteiger partial charge in [-0.2, -0.15) is 0 Å². The molecule has 1 fully saturated rings. The van der Waals surface area contributed by atoms with E-state index in [0.717, 1.165) is 23.4 Å². The molecule has 6 nitrogen and oxygen atoms in total. The molecule has 1 aromatic heterocycles. The Labute approximate surface area is 160 Å². The van der Waals surface area contributed by atoms with Crippen LogP contribution in [0.25, 0.3) is 0 Å². The van der Waals surface area contributed by atoms with E-state index in [1.165, 1.54) is 0 Å². The van der Waals surface area contributed by atoms with Crippen LogP contribution in [0.4, 0.5) is 0 Å². The summed E-state index contributed by atoms with van der Waals surface area (Å²) in [6.45, 7) is 8.02. The molecule has 2 amide bonds. The minimum Gasteiger partial charge on any atom is -0.496 e. The summed E-state index contributed by atoms with van der Waals surface area (Å²) in [6.07, 6.45) is 0.863. The van der Waals surface area contributed by atoms with Crippen molar-refractivity contribution in [2.75, 3.05) is 33.3 Å². The summed E-state index contributed by atoms with van der Waals surface area (Å²) in [5, 5.41) is 0. The molecular weight excluding hydrogens is 342 g/mol. The Morgan fingerprint density at radius 1 is 1.00 bits per heavy atom. The number of aryl methyl sites for hydroxylation is 3. The van der Waals surface area contributed by atoms with Crippen LogP contribution in [0.2, 0.25) is 0 Å². The number of carbonyl (C=O) groups excluding carboxylic acids is 2. The fourth-order valence-electron chi connectivity index (χ4n) is 3.54. The van der Waals surface area contributed by atoms with Gasteiger partial charge >= 0.3 is 0 Å². The molecule has 1 aliphatic rings. The Bertz CT molecular complexity index is 848. The lowest BCUT2D eigenvalue weighted by molar-refractivity contribution is 0.0533. The molecule has 0 radical (unpaired) electrons. The number of aromatic amines is 1. The SMILES string of the molecule is CCc1ccc(OC)c(C(=O)N2CCN(C(=O)c3cc(C)[nH]c3C)CC2)c1. The molecule has 0 atom stereocenters. The highest BCUT2D eigenvalue weighted by Gasteiger charge is 2.28.